The average molecular weight is 387 g/mol. The smallest absolute Gasteiger partial charge is 0.401 e. The fourth-order valence-corrected chi connectivity index (χ4v) is 3.44. The summed E-state index contributed by atoms with van der Waals surface area (Å²) in [6.07, 6.45) is -3.50. The third-order valence-electron chi connectivity index (χ3n) is 3.82. The first-order valence-corrected chi connectivity index (χ1v) is 9.09. The number of nitrogens with zero attached hydrogens (tertiary/aromatic N) is 2. The van der Waals surface area contributed by atoms with Gasteiger partial charge in [-0.05, 0) is 44.8 Å². The second kappa shape index (κ2) is 8.24. The highest BCUT2D eigenvalue weighted by Gasteiger charge is 2.28. The normalized spacial score (nSPS) is 13.6. The van der Waals surface area contributed by atoms with Crippen molar-refractivity contribution in [1.29, 1.82) is 0 Å². The SMILES string of the molecule is CN(CCCNCc1csc(-c2ccc3c(c2)OCO3)n1)CC(F)(F)F. The van der Waals surface area contributed by atoms with Crippen molar-refractivity contribution in [2.75, 3.05) is 33.5 Å². The quantitative estimate of drug-likeness (QED) is 0.703. The number of rotatable bonds is 8. The van der Waals surface area contributed by atoms with Crippen molar-refractivity contribution >= 4 is 11.3 Å². The monoisotopic (exact) mass is 387 g/mol. The Kier molecular flexibility index (Phi) is 6.00. The molecule has 0 saturated carbocycles. The van der Waals surface area contributed by atoms with Gasteiger partial charge in [0.2, 0.25) is 6.79 Å². The van der Waals surface area contributed by atoms with Crippen molar-refractivity contribution in [2.24, 2.45) is 0 Å². The Hall–Kier alpha value is -1.84. The molecule has 1 aromatic carbocycles. The standard InChI is InChI=1S/C17H20F3N3O2S/c1-23(10-17(18,19)20)6-2-5-21-8-13-9-26-16(22-13)12-3-4-14-15(7-12)25-11-24-14/h3-4,7,9,21H,2,5-6,8,10-11H2,1H3. The highest BCUT2D eigenvalue weighted by molar-refractivity contribution is 7.13. The lowest BCUT2D eigenvalue weighted by molar-refractivity contribution is -0.143. The van der Waals surface area contributed by atoms with E-state index in [1.54, 1.807) is 11.3 Å². The number of hydrogen-bond acceptors (Lipinski definition) is 6. The molecule has 142 valence electrons. The van der Waals surface area contributed by atoms with Crippen LogP contribution in [0.3, 0.4) is 0 Å². The molecule has 0 amide bonds. The zero-order valence-electron chi connectivity index (χ0n) is 14.3. The van der Waals surface area contributed by atoms with Crippen LogP contribution in [-0.2, 0) is 6.54 Å². The summed E-state index contributed by atoms with van der Waals surface area (Å²) in [5, 5.41) is 6.09. The molecule has 0 fully saturated rings. The van der Waals surface area contributed by atoms with E-state index in [1.165, 1.54) is 11.9 Å². The summed E-state index contributed by atoms with van der Waals surface area (Å²) in [6, 6.07) is 5.73. The first kappa shape index (κ1) is 18.9. The lowest BCUT2D eigenvalue weighted by Crippen LogP contribution is -2.32. The van der Waals surface area contributed by atoms with Crippen LogP contribution in [0.4, 0.5) is 13.2 Å². The fourth-order valence-electron chi connectivity index (χ4n) is 2.63. The van der Waals surface area contributed by atoms with Crippen LogP contribution in [0.1, 0.15) is 12.1 Å². The lowest BCUT2D eigenvalue weighted by atomic mass is 10.2. The summed E-state index contributed by atoms with van der Waals surface area (Å²) < 4.78 is 47.4. The number of benzene rings is 1. The third-order valence-corrected chi connectivity index (χ3v) is 4.76. The Morgan fingerprint density at radius 1 is 1.27 bits per heavy atom. The Balaban J connectivity index is 1.42. The molecule has 2 aromatic rings. The van der Waals surface area contributed by atoms with E-state index in [9.17, 15) is 13.2 Å². The molecule has 0 saturated heterocycles. The van der Waals surface area contributed by atoms with Gasteiger partial charge in [0.1, 0.15) is 5.01 Å². The van der Waals surface area contributed by atoms with Gasteiger partial charge in [-0.25, -0.2) is 4.98 Å². The topological polar surface area (TPSA) is 46.6 Å². The maximum absolute atomic E-state index is 12.2. The van der Waals surface area contributed by atoms with Crippen LogP contribution in [0.15, 0.2) is 23.6 Å². The molecule has 0 aliphatic carbocycles. The number of alkyl halides is 3. The second-order valence-corrected chi connectivity index (χ2v) is 6.95. The Labute approximate surface area is 153 Å². The molecule has 9 heteroatoms. The largest absolute Gasteiger partial charge is 0.454 e. The Morgan fingerprint density at radius 3 is 2.88 bits per heavy atom. The van der Waals surface area contributed by atoms with E-state index < -0.39 is 12.7 Å². The second-order valence-electron chi connectivity index (χ2n) is 6.10. The molecule has 0 bridgehead atoms. The van der Waals surface area contributed by atoms with Gasteiger partial charge in [0.25, 0.3) is 0 Å². The first-order chi connectivity index (χ1) is 12.4. The Bertz CT molecular complexity index is 736. The molecule has 1 aromatic heterocycles. The lowest BCUT2D eigenvalue weighted by Gasteiger charge is -2.18. The van der Waals surface area contributed by atoms with Crippen LogP contribution in [0.2, 0.25) is 0 Å². The van der Waals surface area contributed by atoms with Gasteiger partial charge < -0.3 is 14.8 Å². The van der Waals surface area contributed by atoms with Crippen molar-refractivity contribution in [3.63, 3.8) is 0 Å². The van der Waals surface area contributed by atoms with Crippen molar-refractivity contribution in [3.8, 4) is 22.1 Å². The van der Waals surface area contributed by atoms with E-state index in [-0.39, 0.29) is 6.79 Å². The highest BCUT2D eigenvalue weighted by Crippen LogP contribution is 2.36. The predicted octanol–water partition coefficient (Wildman–Crippen LogP) is 3.51. The van der Waals surface area contributed by atoms with Gasteiger partial charge >= 0.3 is 6.18 Å². The Morgan fingerprint density at radius 2 is 2.08 bits per heavy atom. The van der Waals surface area contributed by atoms with Crippen LogP contribution in [-0.4, -0.2) is 49.5 Å². The molecule has 1 aliphatic heterocycles. The van der Waals surface area contributed by atoms with Gasteiger partial charge in [-0.3, -0.25) is 4.90 Å². The molecular weight excluding hydrogens is 367 g/mol. The maximum Gasteiger partial charge on any atom is 0.401 e. The van der Waals surface area contributed by atoms with Gasteiger partial charge in [0.15, 0.2) is 11.5 Å². The van der Waals surface area contributed by atoms with Gasteiger partial charge in [-0.2, -0.15) is 13.2 Å². The number of nitrogens with one attached hydrogen (secondary N) is 1. The maximum atomic E-state index is 12.2. The van der Waals surface area contributed by atoms with Crippen molar-refractivity contribution in [1.82, 2.24) is 15.2 Å². The summed E-state index contributed by atoms with van der Waals surface area (Å²) in [6.45, 7) is 0.983. The zero-order valence-corrected chi connectivity index (χ0v) is 15.1. The number of aromatic nitrogens is 1. The van der Waals surface area contributed by atoms with Crippen molar-refractivity contribution < 1.29 is 22.6 Å². The molecule has 0 radical (unpaired) electrons. The van der Waals surface area contributed by atoms with Crippen molar-refractivity contribution in [3.05, 3.63) is 29.3 Å². The molecule has 26 heavy (non-hydrogen) atoms. The minimum atomic E-state index is -4.14. The molecule has 2 heterocycles. The molecule has 0 atom stereocenters. The van der Waals surface area contributed by atoms with Crippen molar-refractivity contribution in [2.45, 2.75) is 19.1 Å². The van der Waals surface area contributed by atoms with Crippen LogP contribution in [0.5, 0.6) is 11.5 Å². The minimum Gasteiger partial charge on any atom is -0.454 e. The fraction of sp³-hybridized carbons (Fsp3) is 0.471. The third kappa shape index (κ3) is 5.33. The van der Waals surface area contributed by atoms with Gasteiger partial charge in [0, 0.05) is 17.5 Å². The van der Waals surface area contributed by atoms with Gasteiger partial charge in [-0.1, -0.05) is 0 Å². The number of hydrogen-bond donors (Lipinski definition) is 1. The van der Waals surface area contributed by atoms with Crippen LogP contribution >= 0.6 is 11.3 Å². The van der Waals surface area contributed by atoms with E-state index in [0.717, 1.165) is 27.8 Å². The van der Waals surface area contributed by atoms with Gasteiger partial charge in [0.05, 0.1) is 12.2 Å². The number of ether oxygens (including phenoxy) is 2. The number of fused-ring (bicyclic) bond motifs is 1. The molecule has 5 nitrogen and oxygen atoms in total. The minimum absolute atomic E-state index is 0.240. The summed E-state index contributed by atoms with van der Waals surface area (Å²) in [4.78, 5) is 5.87. The molecule has 0 spiro atoms. The first-order valence-electron chi connectivity index (χ1n) is 8.21. The molecular formula is C17H20F3N3O2S. The average Bonchev–Trinajstić information content (AvgIpc) is 3.21. The number of thiazole rings is 1. The summed E-state index contributed by atoms with van der Waals surface area (Å²) in [5.41, 5.74) is 1.88. The van der Waals surface area contributed by atoms with Gasteiger partial charge in [-0.15, -0.1) is 11.3 Å². The summed E-state index contributed by atoms with van der Waals surface area (Å²) in [5.74, 6) is 1.46. The van der Waals surface area contributed by atoms with E-state index in [2.05, 4.69) is 10.3 Å². The van der Waals surface area contributed by atoms with Crippen LogP contribution < -0.4 is 14.8 Å². The van der Waals surface area contributed by atoms with E-state index in [0.29, 0.717) is 26.1 Å². The highest BCUT2D eigenvalue weighted by atomic mass is 32.1. The van der Waals surface area contributed by atoms with Crippen LogP contribution in [0, 0.1) is 0 Å². The van der Waals surface area contributed by atoms with E-state index >= 15 is 0 Å². The zero-order chi connectivity index (χ0) is 18.6. The molecule has 3 rings (SSSR count). The molecule has 0 unspecified atom stereocenters. The molecule has 1 N–H and O–H groups in total. The molecule has 1 aliphatic rings. The number of halogens is 3. The predicted molar refractivity (Wildman–Crippen MR) is 93.5 cm³/mol. The van der Waals surface area contributed by atoms with Crippen LogP contribution in [0.25, 0.3) is 10.6 Å². The summed E-state index contributed by atoms with van der Waals surface area (Å²) in [7, 11) is 1.48. The van der Waals surface area contributed by atoms with E-state index in [4.69, 9.17) is 9.47 Å². The van der Waals surface area contributed by atoms with E-state index in [1.807, 2.05) is 23.6 Å². The summed E-state index contributed by atoms with van der Waals surface area (Å²) >= 11 is 1.54.